The maximum Gasteiger partial charge on any atom is 0.220 e. The molecule has 6 nitrogen and oxygen atoms in total. The minimum Gasteiger partial charge on any atom is -0.352 e. The molecular weight excluding hydrogens is 373 g/mol. The smallest absolute Gasteiger partial charge is 0.220 e. The molecule has 1 aromatic carbocycles. The van der Waals surface area contributed by atoms with Crippen molar-refractivity contribution < 1.29 is 4.79 Å². The molecule has 0 radical (unpaired) electrons. The topological polar surface area (TPSA) is 71.8 Å². The van der Waals surface area contributed by atoms with Crippen LogP contribution in [0.2, 0.25) is 0 Å². The van der Waals surface area contributed by atoms with E-state index in [9.17, 15) is 4.79 Å². The molecule has 0 aliphatic carbocycles. The van der Waals surface area contributed by atoms with Crippen LogP contribution >= 0.6 is 24.8 Å². The van der Waals surface area contributed by atoms with E-state index in [1.54, 1.807) is 11.0 Å². The standard InChI is InChI=1S/C18H25N5O.2ClH/c1-14(16-6-8-19-9-7-16)10-18(24)21-11-15-2-4-17(5-3-15)23-13-20-12-22-23;;/h2-5,12-14,16,19H,6-11H2,1H3,(H,21,24);2*1H. The molecule has 0 bridgehead atoms. The fourth-order valence-corrected chi connectivity index (χ4v) is 3.25. The molecule has 1 saturated heterocycles. The lowest BCUT2D eigenvalue weighted by Crippen LogP contribution is -2.33. The number of aromatic nitrogens is 3. The largest absolute Gasteiger partial charge is 0.352 e. The van der Waals surface area contributed by atoms with Gasteiger partial charge in [0.05, 0.1) is 5.69 Å². The molecule has 1 atom stereocenters. The number of nitrogens with zero attached hydrogens (tertiary/aromatic N) is 3. The van der Waals surface area contributed by atoms with Crippen molar-refractivity contribution in [2.24, 2.45) is 11.8 Å². The van der Waals surface area contributed by atoms with Gasteiger partial charge in [0.15, 0.2) is 0 Å². The number of carbonyl (C=O) groups is 1. The number of piperidine rings is 1. The monoisotopic (exact) mass is 399 g/mol. The number of nitrogens with one attached hydrogen (secondary N) is 2. The molecule has 144 valence electrons. The van der Waals surface area contributed by atoms with Crippen molar-refractivity contribution in [3.05, 3.63) is 42.5 Å². The second kappa shape index (κ2) is 11.2. The third-order valence-corrected chi connectivity index (χ3v) is 4.81. The summed E-state index contributed by atoms with van der Waals surface area (Å²) >= 11 is 0. The minimum absolute atomic E-state index is 0. The van der Waals surface area contributed by atoms with E-state index < -0.39 is 0 Å². The van der Waals surface area contributed by atoms with Gasteiger partial charge in [0.25, 0.3) is 0 Å². The van der Waals surface area contributed by atoms with Crippen molar-refractivity contribution in [1.29, 1.82) is 0 Å². The molecule has 3 rings (SSSR count). The van der Waals surface area contributed by atoms with Crippen molar-refractivity contribution in [3.8, 4) is 5.69 Å². The van der Waals surface area contributed by atoms with Gasteiger partial charge in [-0.15, -0.1) is 24.8 Å². The number of halogens is 2. The SMILES string of the molecule is CC(CC(=O)NCc1ccc(-n2cncn2)cc1)C1CCNCC1.Cl.Cl. The summed E-state index contributed by atoms with van der Waals surface area (Å²) < 4.78 is 1.71. The molecule has 1 aliphatic heterocycles. The van der Waals surface area contributed by atoms with Crippen molar-refractivity contribution in [3.63, 3.8) is 0 Å². The number of amides is 1. The van der Waals surface area contributed by atoms with Crippen LogP contribution in [0.5, 0.6) is 0 Å². The highest BCUT2D eigenvalue weighted by molar-refractivity contribution is 5.85. The van der Waals surface area contributed by atoms with Gasteiger partial charge in [-0.3, -0.25) is 4.79 Å². The molecule has 1 aromatic heterocycles. The maximum atomic E-state index is 12.2. The normalized spacial score (nSPS) is 15.4. The fraction of sp³-hybridized carbons (Fsp3) is 0.500. The van der Waals surface area contributed by atoms with Gasteiger partial charge in [-0.05, 0) is 55.5 Å². The Labute approximate surface area is 167 Å². The van der Waals surface area contributed by atoms with Gasteiger partial charge in [-0.1, -0.05) is 19.1 Å². The first-order chi connectivity index (χ1) is 11.7. The quantitative estimate of drug-likeness (QED) is 0.782. The zero-order chi connectivity index (χ0) is 16.8. The lowest BCUT2D eigenvalue weighted by molar-refractivity contribution is -0.122. The summed E-state index contributed by atoms with van der Waals surface area (Å²) in [5.41, 5.74) is 2.05. The Balaban J connectivity index is 0.00000169. The first-order valence-corrected chi connectivity index (χ1v) is 8.64. The van der Waals surface area contributed by atoms with E-state index >= 15 is 0 Å². The molecule has 0 saturated carbocycles. The molecule has 1 aliphatic rings. The Bertz CT molecular complexity index is 642. The number of hydrogen-bond donors (Lipinski definition) is 2. The van der Waals surface area contributed by atoms with E-state index in [1.807, 2.05) is 24.3 Å². The van der Waals surface area contributed by atoms with Crippen molar-refractivity contribution >= 4 is 30.7 Å². The Kier molecular flexibility index (Phi) is 9.62. The van der Waals surface area contributed by atoms with E-state index in [0.717, 1.165) is 24.3 Å². The van der Waals surface area contributed by atoms with Gasteiger partial charge in [0.2, 0.25) is 5.91 Å². The number of hydrogen-bond acceptors (Lipinski definition) is 4. The fourth-order valence-electron chi connectivity index (χ4n) is 3.25. The molecule has 8 heteroatoms. The average Bonchev–Trinajstić information content (AvgIpc) is 3.16. The van der Waals surface area contributed by atoms with E-state index in [2.05, 4.69) is 27.6 Å². The predicted octanol–water partition coefficient (Wildman–Crippen LogP) is 2.75. The van der Waals surface area contributed by atoms with Gasteiger partial charge in [0, 0.05) is 13.0 Å². The van der Waals surface area contributed by atoms with Crippen LogP contribution in [0, 0.1) is 11.8 Å². The summed E-state index contributed by atoms with van der Waals surface area (Å²) in [5.74, 6) is 1.25. The van der Waals surface area contributed by atoms with Crippen molar-refractivity contribution in [1.82, 2.24) is 25.4 Å². The Morgan fingerprint density at radius 2 is 1.96 bits per heavy atom. The molecule has 1 amide bonds. The van der Waals surface area contributed by atoms with Gasteiger partial charge < -0.3 is 10.6 Å². The highest BCUT2D eigenvalue weighted by atomic mass is 35.5. The van der Waals surface area contributed by atoms with Crippen molar-refractivity contribution in [2.75, 3.05) is 13.1 Å². The maximum absolute atomic E-state index is 12.2. The molecule has 1 unspecified atom stereocenters. The van der Waals surface area contributed by atoms with Gasteiger partial charge in [0.1, 0.15) is 12.7 Å². The Hall–Kier alpha value is -1.63. The third-order valence-electron chi connectivity index (χ3n) is 4.81. The number of benzene rings is 1. The molecule has 2 heterocycles. The van der Waals surface area contributed by atoms with Crippen LogP contribution in [0.4, 0.5) is 0 Å². The number of rotatable bonds is 6. The van der Waals surface area contributed by atoms with E-state index in [1.165, 1.54) is 19.2 Å². The number of carbonyl (C=O) groups excluding carboxylic acids is 1. The van der Waals surface area contributed by atoms with Crippen molar-refractivity contribution in [2.45, 2.75) is 32.7 Å². The van der Waals surface area contributed by atoms with Crippen LogP contribution in [0.15, 0.2) is 36.9 Å². The molecule has 2 aromatic rings. The van der Waals surface area contributed by atoms with E-state index in [-0.39, 0.29) is 30.7 Å². The summed E-state index contributed by atoms with van der Waals surface area (Å²) in [6.07, 6.45) is 6.15. The second-order valence-corrected chi connectivity index (χ2v) is 6.55. The van der Waals surface area contributed by atoms with Crippen LogP contribution in [0.3, 0.4) is 0 Å². The second-order valence-electron chi connectivity index (χ2n) is 6.55. The van der Waals surface area contributed by atoms with Crippen LogP contribution < -0.4 is 10.6 Å². The van der Waals surface area contributed by atoms with E-state index in [4.69, 9.17) is 0 Å². The Morgan fingerprint density at radius 1 is 1.27 bits per heavy atom. The third kappa shape index (κ3) is 6.27. The van der Waals surface area contributed by atoms with Gasteiger partial charge in [-0.25, -0.2) is 9.67 Å². The molecular formula is C18H27Cl2N5O. The van der Waals surface area contributed by atoms with Gasteiger partial charge in [-0.2, -0.15) is 5.10 Å². The lowest BCUT2D eigenvalue weighted by Gasteiger charge is -2.27. The molecule has 0 spiro atoms. The summed E-state index contributed by atoms with van der Waals surface area (Å²) in [6, 6.07) is 7.97. The minimum atomic E-state index is 0. The first-order valence-electron chi connectivity index (χ1n) is 8.64. The van der Waals surface area contributed by atoms with Crippen LogP contribution in [0.25, 0.3) is 5.69 Å². The lowest BCUT2D eigenvalue weighted by atomic mass is 9.84. The van der Waals surface area contributed by atoms with E-state index in [0.29, 0.717) is 24.8 Å². The molecule has 1 fully saturated rings. The predicted molar refractivity (Wildman–Crippen MR) is 107 cm³/mol. The summed E-state index contributed by atoms with van der Waals surface area (Å²) in [7, 11) is 0. The Morgan fingerprint density at radius 3 is 2.58 bits per heavy atom. The van der Waals surface area contributed by atoms with Crippen LogP contribution in [0.1, 0.15) is 31.7 Å². The zero-order valence-electron chi connectivity index (χ0n) is 14.9. The van der Waals surface area contributed by atoms with Gasteiger partial charge >= 0.3 is 0 Å². The summed E-state index contributed by atoms with van der Waals surface area (Å²) in [6.45, 7) is 4.92. The molecule has 2 N–H and O–H groups in total. The summed E-state index contributed by atoms with van der Waals surface area (Å²) in [5, 5.41) is 10.5. The highest BCUT2D eigenvalue weighted by Crippen LogP contribution is 2.24. The average molecular weight is 400 g/mol. The molecule has 26 heavy (non-hydrogen) atoms. The highest BCUT2D eigenvalue weighted by Gasteiger charge is 2.21. The first kappa shape index (κ1) is 22.4. The van der Waals surface area contributed by atoms with Crippen LogP contribution in [-0.4, -0.2) is 33.8 Å². The van der Waals surface area contributed by atoms with Crippen LogP contribution in [-0.2, 0) is 11.3 Å². The zero-order valence-corrected chi connectivity index (χ0v) is 16.6. The summed E-state index contributed by atoms with van der Waals surface area (Å²) in [4.78, 5) is 16.1.